The van der Waals surface area contributed by atoms with Gasteiger partial charge in [0, 0.05) is 0 Å². The molecule has 1 radical (unpaired) electrons. The van der Waals surface area contributed by atoms with Crippen LogP contribution in [0.4, 0.5) is 0 Å². The average molecular weight is 156 g/mol. The van der Waals surface area contributed by atoms with Crippen LogP contribution >= 0.6 is 11.6 Å². The fourth-order valence-corrected chi connectivity index (χ4v) is 1.01. The Kier molecular flexibility index (Phi) is 2.22. The Labute approximate surface area is 65.3 Å². The van der Waals surface area contributed by atoms with Gasteiger partial charge in [-0.3, -0.25) is 0 Å². The van der Waals surface area contributed by atoms with Gasteiger partial charge in [0.25, 0.3) is 0 Å². The highest BCUT2D eigenvalue weighted by Crippen LogP contribution is 2.18. The number of nitrogens with zero attached hydrogens (tertiary/aromatic N) is 2. The predicted molar refractivity (Wildman–Crippen MR) is 40.0 cm³/mol. The van der Waals surface area contributed by atoms with Crippen molar-refractivity contribution >= 4 is 11.6 Å². The molecule has 0 bridgehead atoms. The van der Waals surface area contributed by atoms with E-state index in [-0.39, 0.29) is 0 Å². The van der Waals surface area contributed by atoms with Crippen molar-refractivity contribution in [1.82, 2.24) is 9.97 Å². The molecule has 0 N–H and O–H groups in total. The molecule has 0 saturated carbocycles. The molecule has 1 aromatic heterocycles. The largest absolute Gasteiger partial charge is 0.240 e. The lowest BCUT2D eigenvalue weighted by atomic mass is 10.1. The van der Waals surface area contributed by atoms with Crippen LogP contribution in [0, 0.1) is 6.20 Å². The molecule has 0 spiro atoms. The number of halogens is 1. The minimum Gasteiger partial charge on any atom is -0.240 e. The molecule has 1 aromatic rings. The Morgan fingerprint density at radius 2 is 2.30 bits per heavy atom. The van der Waals surface area contributed by atoms with Gasteiger partial charge in [0.1, 0.15) is 12.5 Å². The highest BCUT2D eigenvalue weighted by atomic mass is 35.5. The lowest BCUT2D eigenvalue weighted by molar-refractivity contribution is 0.813. The molecule has 53 valence electrons. The molecule has 0 aliphatic carbocycles. The molecule has 0 aliphatic heterocycles. The number of hydrogen-bond donors (Lipinski definition) is 0. The summed E-state index contributed by atoms with van der Waals surface area (Å²) in [6.45, 7) is 4.06. The lowest BCUT2D eigenvalue weighted by Gasteiger charge is -2.03. The zero-order valence-electron chi connectivity index (χ0n) is 5.93. The number of hydrogen-bond acceptors (Lipinski definition) is 2. The minimum atomic E-state index is 0.340. The quantitative estimate of drug-likeness (QED) is 0.621. The fraction of sp³-hybridized carbons (Fsp3) is 0.429. The summed E-state index contributed by atoms with van der Waals surface area (Å²) in [5.74, 6) is 0.340. The van der Waals surface area contributed by atoms with Crippen molar-refractivity contribution in [1.29, 1.82) is 0 Å². The topological polar surface area (TPSA) is 25.8 Å². The van der Waals surface area contributed by atoms with Gasteiger partial charge in [0.05, 0.1) is 10.7 Å². The molecule has 0 aliphatic rings. The van der Waals surface area contributed by atoms with Crippen molar-refractivity contribution in [3.8, 4) is 0 Å². The highest BCUT2D eigenvalue weighted by molar-refractivity contribution is 6.30. The summed E-state index contributed by atoms with van der Waals surface area (Å²) in [6, 6.07) is 0. The van der Waals surface area contributed by atoms with Gasteiger partial charge in [0.15, 0.2) is 0 Å². The van der Waals surface area contributed by atoms with Crippen LogP contribution in [0.2, 0.25) is 5.02 Å². The molecular weight excluding hydrogens is 148 g/mol. The second kappa shape index (κ2) is 2.97. The number of rotatable bonds is 1. The monoisotopic (exact) mass is 155 g/mol. The first-order chi connectivity index (χ1) is 4.72. The van der Waals surface area contributed by atoms with E-state index >= 15 is 0 Å². The third-order valence-electron chi connectivity index (χ3n) is 1.19. The van der Waals surface area contributed by atoms with Crippen LogP contribution in [-0.4, -0.2) is 9.97 Å². The highest BCUT2D eigenvalue weighted by Gasteiger charge is 2.04. The smallest absolute Gasteiger partial charge is 0.116 e. The second-order valence-electron chi connectivity index (χ2n) is 2.34. The van der Waals surface area contributed by atoms with Gasteiger partial charge in [-0.05, 0) is 5.92 Å². The van der Waals surface area contributed by atoms with E-state index in [0.717, 1.165) is 5.69 Å². The molecule has 3 heteroatoms. The minimum absolute atomic E-state index is 0.340. The van der Waals surface area contributed by atoms with Crippen LogP contribution in [0.15, 0.2) is 6.33 Å². The van der Waals surface area contributed by atoms with E-state index in [4.69, 9.17) is 11.6 Å². The molecule has 0 unspecified atom stereocenters. The molecule has 10 heavy (non-hydrogen) atoms. The molecular formula is C7H8ClN2. The number of aromatic nitrogens is 2. The Bertz CT molecular complexity index is 223. The SMILES string of the molecule is CC(C)c1ncn[c]c1Cl. The maximum atomic E-state index is 5.74. The Hall–Kier alpha value is -0.630. The zero-order valence-corrected chi connectivity index (χ0v) is 6.68. The van der Waals surface area contributed by atoms with Crippen LogP contribution in [0.5, 0.6) is 0 Å². The molecule has 0 amide bonds. The van der Waals surface area contributed by atoms with Gasteiger partial charge in [-0.25, -0.2) is 9.97 Å². The van der Waals surface area contributed by atoms with Crippen LogP contribution in [-0.2, 0) is 0 Å². The van der Waals surface area contributed by atoms with Crippen LogP contribution in [0.25, 0.3) is 0 Å². The molecule has 1 rings (SSSR count). The Morgan fingerprint density at radius 1 is 1.60 bits per heavy atom. The summed E-state index contributed by atoms with van der Waals surface area (Å²) in [4.78, 5) is 7.66. The fourth-order valence-electron chi connectivity index (χ4n) is 0.693. The van der Waals surface area contributed by atoms with Crippen molar-refractivity contribution in [2.75, 3.05) is 0 Å². The van der Waals surface area contributed by atoms with Crippen molar-refractivity contribution < 1.29 is 0 Å². The average Bonchev–Trinajstić information content (AvgIpc) is 1.88. The zero-order chi connectivity index (χ0) is 7.56. The van der Waals surface area contributed by atoms with Gasteiger partial charge in [-0.2, -0.15) is 0 Å². The maximum absolute atomic E-state index is 5.74. The molecule has 2 nitrogen and oxygen atoms in total. The van der Waals surface area contributed by atoms with Gasteiger partial charge in [-0.1, -0.05) is 25.4 Å². The van der Waals surface area contributed by atoms with Crippen molar-refractivity contribution in [2.24, 2.45) is 0 Å². The summed E-state index contributed by atoms with van der Waals surface area (Å²) < 4.78 is 0. The van der Waals surface area contributed by atoms with E-state index in [0.29, 0.717) is 10.9 Å². The van der Waals surface area contributed by atoms with Gasteiger partial charge in [0.2, 0.25) is 0 Å². The van der Waals surface area contributed by atoms with Gasteiger partial charge < -0.3 is 0 Å². The molecule has 0 saturated heterocycles. The van der Waals surface area contributed by atoms with Crippen molar-refractivity contribution in [3.05, 3.63) is 23.2 Å². The summed E-state index contributed by atoms with van der Waals surface area (Å²) >= 11 is 5.74. The van der Waals surface area contributed by atoms with E-state index in [1.165, 1.54) is 6.33 Å². The summed E-state index contributed by atoms with van der Waals surface area (Å²) in [6.07, 6.45) is 4.09. The van der Waals surface area contributed by atoms with Crippen molar-refractivity contribution in [3.63, 3.8) is 0 Å². The predicted octanol–water partition coefficient (Wildman–Crippen LogP) is 2.05. The van der Waals surface area contributed by atoms with Gasteiger partial charge >= 0.3 is 0 Å². The normalized spacial score (nSPS) is 10.4. The third-order valence-corrected chi connectivity index (χ3v) is 1.47. The van der Waals surface area contributed by atoms with E-state index in [2.05, 4.69) is 16.2 Å². The molecule has 0 fully saturated rings. The van der Waals surface area contributed by atoms with Crippen LogP contribution in [0.1, 0.15) is 25.5 Å². The van der Waals surface area contributed by atoms with Crippen LogP contribution in [0.3, 0.4) is 0 Å². The first-order valence-electron chi connectivity index (χ1n) is 3.10. The standard InChI is InChI=1S/C7H8ClN2/c1-5(2)7-6(8)3-9-4-10-7/h4-5H,1-2H3. The van der Waals surface area contributed by atoms with Gasteiger partial charge in [-0.15, -0.1) is 0 Å². The maximum Gasteiger partial charge on any atom is 0.116 e. The third kappa shape index (κ3) is 1.45. The van der Waals surface area contributed by atoms with E-state index in [1.54, 1.807) is 0 Å². The molecule has 1 heterocycles. The first-order valence-corrected chi connectivity index (χ1v) is 3.47. The Balaban J connectivity index is 3.03. The van der Waals surface area contributed by atoms with Crippen LogP contribution < -0.4 is 0 Å². The summed E-state index contributed by atoms with van der Waals surface area (Å²) in [7, 11) is 0. The van der Waals surface area contributed by atoms with E-state index < -0.39 is 0 Å². The van der Waals surface area contributed by atoms with Crippen molar-refractivity contribution in [2.45, 2.75) is 19.8 Å². The van der Waals surface area contributed by atoms with E-state index in [1.807, 2.05) is 13.8 Å². The molecule has 0 atom stereocenters. The molecule has 0 aromatic carbocycles. The first kappa shape index (κ1) is 7.48. The lowest BCUT2D eigenvalue weighted by Crippen LogP contribution is -1.93. The Morgan fingerprint density at radius 3 is 2.70 bits per heavy atom. The van der Waals surface area contributed by atoms with E-state index in [9.17, 15) is 0 Å². The second-order valence-corrected chi connectivity index (χ2v) is 2.72. The summed E-state index contributed by atoms with van der Waals surface area (Å²) in [5.41, 5.74) is 0.858. The summed E-state index contributed by atoms with van der Waals surface area (Å²) in [5, 5.41) is 0.525.